The molecule has 1 N–H and O–H groups in total. The minimum absolute atomic E-state index is 0.261. The summed E-state index contributed by atoms with van der Waals surface area (Å²) < 4.78 is 29.6. The van der Waals surface area contributed by atoms with Crippen LogP contribution in [0.1, 0.15) is 26.2 Å². The highest BCUT2D eigenvalue weighted by Crippen LogP contribution is 2.26. The van der Waals surface area contributed by atoms with Crippen LogP contribution in [-0.2, 0) is 10.1 Å². The smallest absolute Gasteiger partial charge is 0.264 e. The molecule has 16 heavy (non-hydrogen) atoms. The maximum Gasteiger partial charge on any atom is 0.264 e. The van der Waals surface area contributed by atoms with Gasteiger partial charge in [0.05, 0.1) is 5.75 Å². The lowest BCUT2D eigenvalue weighted by Crippen LogP contribution is -2.19. The third-order valence-electron chi connectivity index (χ3n) is 2.44. The molecule has 1 rings (SSSR count). The molecule has 0 aromatic carbocycles. The molecule has 0 heterocycles. The van der Waals surface area contributed by atoms with E-state index >= 15 is 0 Å². The number of allylic oxidation sites excluding steroid dienone is 2. The van der Waals surface area contributed by atoms with Crippen LogP contribution in [0.25, 0.3) is 0 Å². The van der Waals surface area contributed by atoms with E-state index in [0.717, 1.165) is 5.57 Å². The highest BCUT2D eigenvalue weighted by atomic mass is 32.2. The van der Waals surface area contributed by atoms with Gasteiger partial charge in [0.15, 0.2) is 0 Å². The van der Waals surface area contributed by atoms with Crippen molar-refractivity contribution in [2.75, 3.05) is 5.75 Å². The predicted octanol–water partition coefficient (Wildman–Crippen LogP) is 2.07. The average molecular weight is 245 g/mol. The molecule has 1 aliphatic rings. The number of rotatable bonds is 5. The summed E-state index contributed by atoms with van der Waals surface area (Å²) in [5.41, 5.74) is 0.166. The fourth-order valence-corrected chi connectivity index (χ4v) is 2.14. The van der Waals surface area contributed by atoms with Crippen molar-refractivity contribution in [3.05, 3.63) is 28.7 Å². The summed E-state index contributed by atoms with van der Waals surface area (Å²) in [7, 11) is -3.90. The Balaban J connectivity index is 2.55. The zero-order valence-corrected chi connectivity index (χ0v) is 9.90. The van der Waals surface area contributed by atoms with E-state index in [4.69, 9.17) is 4.55 Å². The molecule has 0 saturated carbocycles. The molecule has 0 amide bonds. The molecule has 6 heteroatoms. The van der Waals surface area contributed by atoms with Crippen molar-refractivity contribution in [2.24, 2.45) is 5.18 Å². The first-order valence-electron chi connectivity index (χ1n) is 5.03. The van der Waals surface area contributed by atoms with Gasteiger partial charge in [0, 0.05) is 0 Å². The molecular weight excluding hydrogens is 230 g/mol. The van der Waals surface area contributed by atoms with Gasteiger partial charge in [0.2, 0.25) is 0 Å². The van der Waals surface area contributed by atoms with Crippen LogP contribution in [0.5, 0.6) is 0 Å². The monoisotopic (exact) mass is 245 g/mol. The normalized spacial score (nSPS) is 25.2. The van der Waals surface area contributed by atoms with E-state index in [0.29, 0.717) is 19.3 Å². The Morgan fingerprint density at radius 1 is 1.56 bits per heavy atom. The Bertz CT molecular complexity index is 424. The zero-order valence-electron chi connectivity index (χ0n) is 9.09. The van der Waals surface area contributed by atoms with Crippen LogP contribution in [0, 0.1) is 4.91 Å². The van der Waals surface area contributed by atoms with E-state index in [1.165, 1.54) is 0 Å². The van der Waals surface area contributed by atoms with Gasteiger partial charge in [0.1, 0.15) is 5.54 Å². The van der Waals surface area contributed by atoms with Crippen LogP contribution >= 0.6 is 0 Å². The minimum Gasteiger partial charge on any atom is -0.286 e. The molecule has 1 atom stereocenters. The standard InChI is InChI=1S/C10H15NO4S/c1-10(11-12)6-2-4-9(8-10)5-3-7-16(13,14)15/h2,4,8H,3,5-7H2,1H3,(H,13,14,15). The van der Waals surface area contributed by atoms with Crippen molar-refractivity contribution < 1.29 is 13.0 Å². The van der Waals surface area contributed by atoms with E-state index in [9.17, 15) is 13.3 Å². The molecule has 0 bridgehead atoms. The molecule has 0 radical (unpaired) electrons. The minimum atomic E-state index is -3.90. The van der Waals surface area contributed by atoms with E-state index < -0.39 is 15.7 Å². The quantitative estimate of drug-likeness (QED) is 0.593. The Hall–Kier alpha value is -1.01. The lowest BCUT2D eigenvalue weighted by molar-refractivity contribution is 0.481. The highest BCUT2D eigenvalue weighted by Gasteiger charge is 2.23. The second-order valence-corrected chi connectivity index (χ2v) is 5.74. The van der Waals surface area contributed by atoms with Crippen molar-refractivity contribution in [3.8, 4) is 0 Å². The largest absolute Gasteiger partial charge is 0.286 e. The van der Waals surface area contributed by atoms with Crippen LogP contribution in [-0.4, -0.2) is 24.3 Å². The Kier molecular flexibility index (Phi) is 3.98. The van der Waals surface area contributed by atoms with Gasteiger partial charge in [-0.2, -0.15) is 8.42 Å². The summed E-state index contributed by atoms with van der Waals surface area (Å²) in [6.45, 7) is 1.73. The van der Waals surface area contributed by atoms with Crippen LogP contribution < -0.4 is 0 Å². The van der Waals surface area contributed by atoms with Gasteiger partial charge in [-0.05, 0) is 31.8 Å². The first-order valence-corrected chi connectivity index (χ1v) is 6.63. The summed E-state index contributed by atoms with van der Waals surface area (Å²) in [5, 5.41) is 3.04. The fraction of sp³-hybridized carbons (Fsp3) is 0.600. The summed E-state index contributed by atoms with van der Waals surface area (Å²) in [5.74, 6) is -0.261. The zero-order chi connectivity index (χ0) is 12.2. The molecular formula is C10H15NO4S. The highest BCUT2D eigenvalue weighted by molar-refractivity contribution is 7.85. The van der Waals surface area contributed by atoms with Crippen LogP contribution in [0.4, 0.5) is 0 Å². The summed E-state index contributed by atoms with van der Waals surface area (Å²) >= 11 is 0. The molecule has 0 aliphatic heterocycles. The molecule has 0 saturated heterocycles. The number of nitrogens with zero attached hydrogens (tertiary/aromatic N) is 1. The van der Waals surface area contributed by atoms with E-state index in [2.05, 4.69) is 5.18 Å². The first kappa shape index (κ1) is 13.1. The van der Waals surface area contributed by atoms with E-state index in [1.54, 1.807) is 13.0 Å². The second kappa shape index (κ2) is 4.88. The molecule has 0 fully saturated rings. The molecule has 1 aliphatic carbocycles. The van der Waals surface area contributed by atoms with Crippen LogP contribution in [0.15, 0.2) is 29.0 Å². The van der Waals surface area contributed by atoms with Crippen molar-refractivity contribution in [2.45, 2.75) is 31.7 Å². The molecule has 5 nitrogen and oxygen atoms in total. The topological polar surface area (TPSA) is 83.8 Å². The van der Waals surface area contributed by atoms with Crippen molar-refractivity contribution in [1.29, 1.82) is 0 Å². The van der Waals surface area contributed by atoms with E-state index in [-0.39, 0.29) is 5.75 Å². The lowest BCUT2D eigenvalue weighted by atomic mass is 9.89. The van der Waals surface area contributed by atoms with Crippen molar-refractivity contribution in [1.82, 2.24) is 0 Å². The summed E-state index contributed by atoms with van der Waals surface area (Å²) in [4.78, 5) is 10.6. The first-order chi connectivity index (χ1) is 7.35. The van der Waals surface area contributed by atoms with Crippen LogP contribution in [0.2, 0.25) is 0 Å². The van der Waals surface area contributed by atoms with Gasteiger partial charge >= 0.3 is 0 Å². The lowest BCUT2D eigenvalue weighted by Gasteiger charge is -2.20. The van der Waals surface area contributed by atoms with Gasteiger partial charge in [0.25, 0.3) is 10.1 Å². The molecule has 0 aromatic heterocycles. The van der Waals surface area contributed by atoms with Crippen molar-refractivity contribution >= 4 is 10.1 Å². The SMILES string of the molecule is CC1(N=O)C=C(CCCS(=O)(=O)O)C=CC1. The molecule has 0 aromatic rings. The third-order valence-corrected chi connectivity index (χ3v) is 3.24. The molecule has 0 spiro atoms. The van der Waals surface area contributed by atoms with Gasteiger partial charge in [-0.3, -0.25) is 4.55 Å². The van der Waals surface area contributed by atoms with Crippen LogP contribution in [0.3, 0.4) is 0 Å². The maximum atomic E-state index is 10.6. The maximum absolute atomic E-state index is 10.6. The molecule has 90 valence electrons. The predicted molar refractivity (Wildman–Crippen MR) is 61.7 cm³/mol. The molecule has 1 unspecified atom stereocenters. The van der Waals surface area contributed by atoms with Gasteiger partial charge in [-0.25, -0.2) is 0 Å². The van der Waals surface area contributed by atoms with Gasteiger partial charge in [-0.15, -0.1) is 4.91 Å². The Labute approximate surface area is 95.0 Å². The Morgan fingerprint density at radius 2 is 2.25 bits per heavy atom. The summed E-state index contributed by atoms with van der Waals surface area (Å²) in [6, 6.07) is 0. The van der Waals surface area contributed by atoms with E-state index in [1.807, 2.05) is 12.2 Å². The number of hydrogen-bond donors (Lipinski definition) is 1. The number of hydrogen-bond acceptors (Lipinski definition) is 4. The Morgan fingerprint density at radius 3 is 2.81 bits per heavy atom. The third kappa shape index (κ3) is 4.24. The van der Waals surface area contributed by atoms with Crippen molar-refractivity contribution in [3.63, 3.8) is 0 Å². The summed E-state index contributed by atoms with van der Waals surface area (Å²) in [6.07, 6.45) is 6.88. The fourth-order valence-electron chi connectivity index (χ4n) is 1.63. The van der Waals surface area contributed by atoms with Gasteiger partial charge < -0.3 is 0 Å². The van der Waals surface area contributed by atoms with Gasteiger partial charge in [-0.1, -0.05) is 23.4 Å². The second-order valence-electron chi connectivity index (χ2n) is 4.16. The number of nitroso groups, excluding NO2 is 1. The average Bonchev–Trinajstić information content (AvgIpc) is 2.16.